The smallest absolute Gasteiger partial charge is 0.126 e. The van der Waals surface area contributed by atoms with Crippen LogP contribution in [0.15, 0.2) is 42.5 Å². The van der Waals surface area contributed by atoms with Crippen LogP contribution in [0.3, 0.4) is 0 Å². The molecule has 0 unspecified atom stereocenters. The highest BCUT2D eigenvalue weighted by Gasteiger charge is 2.07. The Morgan fingerprint density at radius 1 is 1.18 bits per heavy atom. The van der Waals surface area contributed by atoms with Crippen LogP contribution in [-0.2, 0) is 6.54 Å². The van der Waals surface area contributed by atoms with Gasteiger partial charge in [0.2, 0.25) is 0 Å². The number of nitrogens with two attached hydrogens (primary N) is 1. The monoisotopic (exact) mass is 231 g/mol. The highest BCUT2D eigenvalue weighted by Crippen LogP contribution is 2.30. The molecule has 0 amide bonds. The maximum atomic E-state index is 13.3. The first-order valence-corrected chi connectivity index (χ1v) is 5.37. The Bertz CT molecular complexity index is 525. The number of rotatable bonds is 3. The van der Waals surface area contributed by atoms with Gasteiger partial charge in [0.15, 0.2) is 0 Å². The summed E-state index contributed by atoms with van der Waals surface area (Å²) in [6, 6.07) is 12.2. The van der Waals surface area contributed by atoms with E-state index in [9.17, 15) is 4.39 Å². The van der Waals surface area contributed by atoms with Crippen molar-refractivity contribution in [3.05, 3.63) is 53.8 Å². The molecule has 3 heteroatoms. The molecule has 0 aliphatic heterocycles. The molecule has 0 saturated heterocycles. The molecular formula is C14H14FNO. The molecular weight excluding hydrogens is 217 g/mol. The molecule has 0 fully saturated rings. The fourth-order valence-electron chi connectivity index (χ4n) is 1.77. The summed E-state index contributed by atoms with van der Waals surface area (Å²) in [5.41, 5.74) is 8.25. The van der Waals surface area contributed by atoms with Crippen molar-refractivity contribution in [3.63, 3.8) is 0 Å². The van der Waals surface area contributed by atoms with Crippen molar-refractivity contribution < 1.29 is 9.13 Å². The molecule has 2 aromatic rings. The molecule has 0 saturated carbocycles. The number of benzene rings is 2. The number of ether oxygens (including phenoxy) is 1. The molecule has 0 aliphatic carbocycles. The Labute approximate surface area is 99.8 Å². The lowest BCUT2D eigenvalue weighted by Crippen LogP contribution is -1.96. The van der Waals surface area contributed by atoms with Gasteiger partial charge in [0.1, 0.15) is 11.6 Å². The summed E-state index contributed by atoms with van der Waals surface area (Å²) in [4.78, 5) is 0. The summed E-state index contributed by atoms with van der Waals surface area (Å²) in [6.07, 6.45) is 0. The molecule has 0 spiro atoms. The predicted molar refractivity (Wildman–Crippen MR) is 66.3 cm³/mol. The highest BCUT2D eigenvalue weighted by atomic mass is 19.1. The summed E-state index contributed by atoms with van der Waals surface area (Å²) >= 11 is 0. The molecule has 2 aromatic carbocycles. The van der Waals surface area contributed by atoms with Crippen LogP contribution >= 0.6 is 0 Å². The second kappa shape index (κ2) is 4.97. The zero-order chi connectivity index (χ0) is 12.3. The van der Waals surface area contributed by atoms with E-state index in [-0.39, 0.29) is 5.82 Å². The Kier molecular flexibility index (Phi) is 3.40. The van der Waals surface area contributed by atoms with Crippen LogP contribution in [0.25, 0.3) is 11.1 Å². The third-order valence-corrected chi connectivity index (χ3v) is 2.64. The van der Waals surface area contributed by atoms with Crippen LogP contribution in [0.2, 0.25) is 0 Å². The average molecular weight is 231 g/mol. The summed E-state index contributed by atoms with van der Waals surface area (Å²) in [7, 11) is 1.57. The number of hydrogen-bond donors (Lipinski definition) is 1. The van der Waals surface area contributed by atoms with Crippen LogP contribution < -0.4 is 10.5 Å². The van der Waals surface area contributed by atoms with E-state index in [1.165, 1.54) is 12.1 Å². The minimum Gasteiger partial charge on any atom is -0.496 e. The maximum absolute atomic E-state index is 13.3. The Morgan fingerprint density at radius 3 is 2.71 bits per heavy atom. The summed E-state index contributed by atoms with van der Waals surface area (Å²) in [5, 5.41) is 0. The molecule has 88 valence electrons. The summed E-state index contributed by atoms with van der Waals surface area (Å²) < 4.78 is 18.5. The van der Waals surface area contributed by atoms with Gasteiger partial charge in [-0.15, -0.1) is 0 Å². The molecule has 0 aliphatic rings. The van der Waals surface area contributed by atoms with Gasteiger partial charge in [0.05, 0.1) is 7.11 Å². The van der Waals surface area contributed by atoms with Crippen LogP contribution in [0.4, 0.5) is 4.39 Å². The summed E-state index contributed by atoms with van der Waals surface area (Å²) in [6.45, 7) is 0.464. The Balaban J connectivity index is 2.54. The highest BCUT2D eigenvalue weighted by molar-refractivity contribution is 5.71. The van der Waals surface area contributed by atoms with Crippen LogP contribution in [0, 0.1) is 5.82 Å². The molecule has 0 aromatic heterocycles. The third-order valence-electron chi connectivity index (χ3n) is 2.64. The van der Waals surface area contributed by atoms with Gasteiger partial charge >= 0.3 is 0 Å². The molecule has 2 rings (SSSR count). The molecule has 0 bridgehead atoms. The standard InChI is InChI=1S/C14H14FNO/c1-17-14-6-5-12(15)8-13(14)11-4-2-3-10(7-11)9-16/h2-8H,9,16H2,1H3. The lowest BCUT2D eigenvalue weighted by molar-refractivity contribution is 0.415. The fraction of sp³-hybridized carbons (Fsp3) is 0.143. The van der Waals surface area contributed by atoms with E-state index in [4.69, 9.17) is 10.5 Å². The van der Waals surface area contributed by atoms with Gasteiger partial charge in [0, 0.05) is 12.1 Å². The quantitative estimate of drug-likeness (QED) is 0.881. The molecule has 2 N–H and O–H groups in total. The number of hydrogen-bond acceptors (Lipinski definition) is 2. The van der Waals surface area contributed by atoms with E-state index in [0.717, 1.165) is 16.7 Å². The largest absolute Gasteiger partial charge is 0.496 e. The molecule has 0 radical (unpaired) electrons. The zero-order valence-corrected chi connectivity index (χ0v) is 9.61. The predicted octanol–water partition coefficient (Wildman–Crippen LogP) is 2.96. The van der Waals surface area contributed by atoms with Gasteiger partial charge in [-0.25, -0.2) is 4.39 Å². The molecule has 0 atom stereocenters. The first-order valence-electron chi connectivity index (χ1n) is 5.37. The van der Waals surface area contributed by atoms with E-state index >= 15 is 0 Å². The Hall–Kier alpha value is -1.87. The van der Waals surface area contributed by atoms with E-state index in [1.807, 2.05) is 24.3 Å². The van der Waals surface area contributed by atoms with Crippen LogP contribution in [-0.4, -0.2) is 7.11 Å². The van der Waals surface area contributed by atoms with Gasteiger partial charge < -0.3 is 10.5 Å². The average Bonchev–Trinajstić information content (AvgIpc) is 2.39. The van der Waals surface area contributed by atoms with Gasteiger partial charge in [-0.05, 0) is 35.4 Å². The first kappa shape index (κ1) is 11.6. The Morgan fingerprint density at radius 2 is 2.00 bits per heavy atom. The molecule has 0 heterocycles. The SMILES string of the molecule is COc1ccc(F)cc1-c1cccc(CN)c1. The van der Waals surface area contributed by atoms with Gasteiger partial charge in [-0.3, -0.25) is 0 Å². The van der Waals surface area contributed by atoms with E-state index < -0.39 is 0 Å². The van der Waals surface area contributed by atoms with E-state index in [1.54, 1.807) is 13.2 Å². The molecule has 17 heavy (non-hydrogen) atoms. The van der Waals surface area contributed by atoms with Crippen molar-refractivity contribution in [2.45, 2.75) is 6.54 Å². The lowest BCUT2D eigenvalue weighted by Gasteiger charge is -2.09. The van der Waals surface area contributed by atoms with Crippen LogP contribution in [0.1, 0.15) is 5.56 Å². The van der Waals surface area contributed by atoms with Crippen molar-refractivity contribution in [2.24, 2.45) is 5.73 Å². The number of halogens is 1. The van der Waals surface area contributed by atoms with E-state index in [0.29, 0.717) is 12.3 Å². The maximum Gasteiger partial charge on any atom is 0.126 e. The van der Waals surface area contributed by atoms with Gasteiger partial charge in [-0.2, -0.15) is 0 Å². The zero-order valence-electron chi connectivity index (χ0n) is 9.61. The van der Waals surface area contributed by atoms with Crippen molar-refractivity contribution in [2.75, 3.05) is 7.11 Å². The normalized spacial score (nSPS) is 10.3. The topological polar surface area (TPSA) is 35.2 Å². The first-order chi connectivity index (χ1) is 8.24. The lowest BCUT2D eigenvalue weighted by atomic mass is 10.0. The van der Waals surface area contributed by atoms with Crippen molar-refractivity contribution in [1.82, 2.24) is 0 Å². The fourth-order valence-corrected chi connectivity index (χ4v) is 1.77. The molecule has 2 nitrogen and oxygen atoms in total. The second-order valence-electron chi connectivity index (χ2n) is 3.75. The van der Waals surface area contributed by atoms with Gasteiger partial charge in [0.25, 0.3) is 0 Å². The second-order valence-corrected chi connectivity index (χ2v) is 3.75. The van der Waals surface area contributed by atoms with Crippen LogP contribution in [0.5, 0.6) is 5.75 Å². The van der Waals surface area contributed by atoms with E-state index in [2.05, 4.69) is 0 Å². The number of methoxy groups -OCH3 is 1. The summed E-state index contributed by atoms with van der Waals surface area (Å²) in [5.74, 6) is 0.375. The van der Waals surface area contributed by atoms with Gasteiger partial charge in [-0.1, -0.05) is 18.2 Å². The minimum absolute atomic E-state index is 0.279. The van der Waals surface area contributed by atoms with Crippen molar-refractivity contribution in [1.29, 1.82) is 0 Å². The van der Waals surface area contributed by atoms with Crippen molar-refractivity contribution in [3.8, 4) is 16.9 Å². The third kappa shape index (κ3) is 2.45. The van der Waals surface area contributed by atoms with Crippen molar-refractivity contribution >= 4 is 0 Å². The minimum atomic E-state index is -0.279.